The predicted octanol–water partition coefficient (Wildman–Crippen LogP) is 2.80. The second-order valence-electron chi connectivity index (χ2n) is 4.59. The van der Waals surface area contributed by atoms with Crippen LogP contribution in [0.15, 0.2) is 65.5 Å². The molecule has 0 atom stereocenters. The van der Waals surface area contributed by atoms with Crippen molar-refractivity contribution in [2.24, 2.45) is 15.9 Å². The molecule has 6 nitrogen and oxygen atoms in total. The molecule has 23 heavy (non-hydrogen) atoms. The minimum atomic E-state index is 0.261. The van der Waals surface area contributed by atoms with Gasteiger partial charge in [-0.2, -0.15) is 5.10 Å². The standard InChI is InChI=1S/C15H13ClN6S/c16-14-5-4-13(23-14)12(9-22-8-7-18-10-22)20-21-15(17)11-3-1-2-6-19-11/h1-8,10H,9H2,(H2,17,21)/b20-12+. The highest BCUT2D eigenvalue weighted by Gasteiger charge is 2.09. The summed E-state index contributed by atoms with van der Waals surface area (Å²) in [5.74, 6) is 0.261. The normalized spacial score (nSPS) is 12.6. The number of nitrogens with zero attached hydrogens (tertiary/aromatic N) is 5. The third-order valence-electron chi connectivity index (χ3n) is 2.95. The number of pyridine rings is 1. The van der Waals surface area contributed by atoms with E-state index in [0.717, 1.165) is 10.6 Å². The van der Waals surface area contributed by atoms with Gasteiger partial charge in [0.15, 0.2) is 5.84 Å². The molecule has 0 aliphatic heterocycles. The first-order valence-electron chi connectivity index (χ1n) is 6.75. The van der Waals surface area contributed by atoms with Crippen molar-refractivity contribution in [3.8, 4) is 0 Å². The topological polar surface area (TPSA) is 81.5 Å². The van der Waals surface area contributed by atoms with E-state index in [2.05, 4.69) is 20.2 Å². The van der Waals surface area contributed by atoms with Gasteiger partial charge >= 0.3 is 0 Å². The van der Waals surface area contributed by atoms with Gasteiger partial charge in [-0.15, -0.1) is 16.4 Å². The van der Waals surface area contributed by atoms with Crippen LogP contribution in [0, 0.1) is 0 Å². The number of amidine groups is 1. The molecule has 0 aliphatic carbocycles. The molecular weight excluding hydrogens is 332 g/mol. The van der Waals surface area contributed by atoms with E-state index in [1.54, 1.807) is 24.8 Å². The monoisotopic (exact) mass is 344 g/mol. The minimum Gasteiger partial charge on any atom is -0.380 e. The molecule has 0 spiro atoms. The van der Waals surface area contributed by atoms with Crippen LogP contribution < -0.4 is 5.73 Å². The first-order chi connectivity index (χ1) is 11.2. The van der Waals surface area contributed by atoms with E-state index in [1.165, 1.54) is 11.3 Å². The van der Waals surface area contributed by atoms with Gasteiger partial charge in [-0.05, 0) is 24.3 Å². The number of nitrogens with two attached hydrogens (primary N) is 1. The van der Waals surface area contributed by atoms with Crippen LogP contribution in [-0.2, 0) is 6.54 Å². The lowest BCUT2D eigenvalue weighted by molar-refractivity contribution is 0.847. The smallest absolute Gasteiger partial charge is 0.171 e. The zero-order valence-electron chi connectivity index (χ0n) is 12.0. The number of rotatable bonds is 5. The Balaban J connectivity index is 1.91. The molecular formula is C15H13ClN6S. The van der Waals surface area contributed by atoms with Crippen molar-refractivity contribution in [1.82, 2.24) is 14.5 Å². The second kappa shape index (κ2) is 7.17. The summed E-state index contributed by atoms with van der Waals surface area (Å²) in [6, 6.07) is 9.19. The second-order valence-corrected chi connectivity index (χ2v) is 6.30. The summed E-state index contributed by atoms with van der Waals surface area (Å²) in [7, 11) is 0. The highest BCUT2D eigenvalue weighted by Crippen LogP contribution is 2.22. The maximum absolute atomic E-state index is 6.02. The summed E-state index contributed by atoms with van der Waals surface area (Å²) in [5, 5.41) is 8.41. The molecule has 0 amide bonds. The molecule has 0 aromatic carbocycles. The molecule has 3 aromatic heterocycles. The number of imidazole rings is 1. The Morgan fingerprint density at radius 1 is 1.22 bits per heavy atom. The van der Waals surface area contributed by atoms with E-state index in [1.807, 2.05) is 35.0 Å². The van der Waals surface area contributed by atoms with Crippen molar-refractivity contribution < 1.29 is 0 Å². The maximum atomic E-state index is 6.02. The van der Waals surface area contributed by atoms with Crippen molar-refractivity contribution in [1.29, 1.82) is 0 Å². The molecule has 0 unspecified atom stereocenters. The van der Waals surface area contributed by atoms with Gasteiger partial charge in [0.25, 0.3) is 0 Å². The summed E-state index contributed by atoms with van der Waals surface area (Å²) in [5.41, 5.74) is 7.27. The summed E-state index contributed by atoms with van der Waals surface area (Å²) in [4.78, 5) is 9.11. The zero-order chi connectivity index (χ0) is 16.1. The van der Waals surface area contributed by atoms with Crippen molar-refractivity contribution in [2.45, 2.75) is 6.54 Å². The summed E-state index contributed by atoms with van der Waals surface area (Å²) in [6.07, 6.45) is 6.95. The fourth-order valence-electron chi connectivity index (χ4n) is 1.86. The van der Waals surface area contributed by atoms with E-state index >= 15 is 0 Å². The van der Waals surface area contributed by atoms with Gasteiger partial charge in [-0.3, -0.25) is 4.98 Å². The molecule has 0 radical (unpaired) electrons. The number of aromatic nitrogens is 3. The van der Waals surface area contributed by atoms with Crippen molar-refractivity contribution in [2.75, 3.05) is 0 Å². The van der Waals surface area contributed by atoms with Crippen molar-refractivity contribution in [3.63, 3.8) is 0 Å². The van der Waals surface area contributed by atoms with Gasteiger partial charge in [0.05, 0.1) is 22.1 Å². The molecule has 3 heterocycles. The van der Waals surface area contributed by atoms with E-state index in [-0.39, 0.29) is 5.84 Å². The van der Waals surface area contributed by atoms with Crippen LogP contribution in [0.2, 0.25) is 4.34 Å². The molecule has 8 heteroatoms. The highest BCUT2D eigenvalue weighted by atomic mass is 35.5. The number of thiophene rings is 1. The molecule has 0 fully saturated rings. The van der Waals surface area contributed by atoms with Crippen LogP contribution in [0.1, 0.15) is 10.6 Å². The van der Waals surface area contributed by atoms with E-state index in [4.69, 9.17) is 17.3 Å². The molecule has 0 saturated heterocycles. The van der Waals surface area contributed by atoms with E-state index in [9.17, 15) is 0 Å². The summed E-state index contributed by atoms with van der Waals surface area (Å²) >= 11 is 7.46. The van der Waals surface area contributed by atoms with Crippen molar-refractivity contribution >= 4 is 34.5 Å². The van der Waals surface area contributed by atoms with Crippen LogP contribution in [-0.4, -0.2) is 26.1 Å². The third-order valence-corrected chi connectivity index (χ3v) is 4.24. The van der Waals surface area contributed by atoms with Gasteiger partial charge in [0, 0.05) is 18.6 Å². The predicted molar refractivity (Wildman–Crippen MR) is 93.1 cm³/mol. The maximum Gasteiger partial charge on any atom is 0.171 e. The van der Waals surface area contributed by atoms with Crippen LogP contribution >= 0.6 is 22.9 Å². The highest BCUT2D eigenvalue weighted by molar-refractivity contribution is 7.18. The van der Waals surface area contributed by atoms with E-state index < -0.39 is 0 Å². The number of hydrogen-bond acceptors (Lipinski definition) is 5. The molecule has 3 aromatic rings. The van der Waals surface area contributed by atoms with Gasteiger partial charge < -0.3 is 10.3 Å². The van der Waals surface area contributed by atoms with Gasteiger partial charge in [-0.1, -0.05) is 17.7 Å². The quantitative estimate of drug-likeness (QED) is 0.439. The average Bonchev–Trinajstić information content (AvgIpc) is 3.23. The lowest BCUT2D eigenvalue weighted by atomic mass is 10.3. The Morgan fingerprint density at radius 3 is 2.78 bits per heavy atom. The van der Waals surface area contributed by atoms with Gasteiger partial charge in [-0.25, -0.2) is 4.98 Å². The molecule has 0 saturated carbocycles. The number of halogens is 1. The largest absolute Gasteiger partial charge is 0.380 e. The first-order valence-corrected chi connectivity index (χ1v) is 7.94. The Kier molecular flexibility index (Phi) is 4.80. The Labute approximate surface area is 142 Å². The average molecular weight is 345 g/mol. The van der Waals surface area contributed by atoms with Gasteiger partial charge in [0.2, 0.25) is 0 Å². The van der Waals surface area contributed by atoms with Crippen LogP contribution in [0.4, 0.5) is 0 Å². The van der Waals surface area contributed by atoms with Crippen LogP contribution in [0.25, 0.3) is 0 Å². The Hall–Kier alpha value is -2.51. The molecule has 2 N–H and O–H groups in total. The molecule has 116 valence electrons. The van der Waals surface area contributed by atoms with E-state index in [0.29, 0.717) is 16.6 Å². The molecule has 0 aliphatic rings. The summed E-state index contributed by atoms with van der Waals surface area (Å²) in [6.45, 7) is 0.524. The van der Waals surface area contributed by atoms with Crippen molar-refractivity contribution in [3.05, 3.63) is 70.2 Å². The SMILES string of the molecule is N/C(=N\N=C(/Cn1ccnc1)c1ccc(Cl)s1)c1ccccn1. The van der Waals surface area contributed by atoms with Crippen LogP contribution in [0.3, 0.4) is 0 Å². The zero-order valence-corrected chi connectivity index (χ0v) is 13.6. The number of hydrogen-bond donors (Lipinski definition) is 1. The molecule has 3 rings (SSSR count). The van der Waals surface area contributed by atoms with Gasteiger partial charge in [0.1, 0.15) is 11.4 Å². The third kappa shape index (κ3) is 4.02. The minimum absolute atomic E-state index is 0.261. The first kappa shape index (κ1) is 15.4. The Bertz CT molecular complexity index is 823. The molecule has 0 bridgehead atoms. The van der Waals surface area contributed by atoms with Crippen LogP contribution in [0.5, 0.6) is 0 Å². The Morgan fingerprint density at radius 2 is 2.13 bits per heavy atom. The lowest BCUT2D eigenvalue weighted by Crippen LogP contribution is -2.15. The lowest BCUT2D eigenvalue weighted by Gasteiger charge is -2.04. The summed E-state index contributed by atoms with van der Waals surface area (Å²) < 4.78 is 2.60. The fourth-order valence-corrected chi connectivity index (χ4v) is 2.88. The fraction of sp³-hybridized carbons (Fsp3) is 0.0667.